The largest absolute Gasteiger partial charge is 0.469 e. The van der Waals surface area contributed by atoms with Gasteiger partial charge in [0.2, 0.25) is 41.4 Å². The Morgan fingerprint density at radius 3 is 1.17 bits per heavy atom. The summed E-state index contributed by atoms with van der Waals surface area (Å²) in [4.78, 5) is 129. The van der Waals surface area contributed by atoms with Crippen molar-refractivity contribution in [2.75, 3.05) is 142 Å². The summed E-state index contributed by atoms with van der Waals surface area (Å²) in [5, 5.41) is 2.93. The van der Waals surface area contributed by atoms with Crippen molar-refractivity contribution < 1.29 is 52.6 Å². The van der Waals surface area contributed by atoms with E-state index in [1.165, 1.54) is 44.2 Å². The van der Waals surface area contributed by atoms with Crippen LogP contribution in [0.15, 0.2) is 0 Å². The molecule has 19 nitrogen and oxygen atoms in total. The average Bonchev–Trinajstić information content (AvgIpc) is 3.39. The highest BCUT2D eigenvalue weighted by atomic mass is 32.2. The van der Waals surface area contributed by atoms with Crippen LogP contribution in [0.1, 0.15) is 113 Å². The lowest BCUT2D eigenvalue weighted by Crippen LogP contribution is -2.49. The van der Waals surface area contributed by atoms with Crippen molar-refractivity contribution in [2.45, 2.75) is 113 Å². The van der Waals surface area contributed by atoms with Gasteiger partial charge in [-0.05, 0) is 25.9 Å². The van der Waals surface area contributed by atoms with Gasteiger partial charge in [-0.3, -0.25) is 43.2 Å². The molecule has 408 valence electrons. The lowest BCUT2D eigenvalue weighted by Gasteiger charge is -2.33. The van der Waals surface area contributed by atoms with Gasteiger partial charge in [-0.15, -0.1) is 0 Å². The Hall–Kier alpha value is -4.11. The number of piperidine rings is 1. The molecule has 2 atom stereocenters. The van der Waals surface area contributed by atoms with Crippen LogP contribution in [0.2, 0.25) is 0 Å². The molecule has 21 heteroatoms. The lowest BCUT2D eigenvalue weighted by atomic mass is 10.1. The van der Waals surface area contributed by atoms with E-state index < -0.39 is 5.92 Å². The molecule has 1 rings (SSSR count). The van der Waals surface area contributed by atoms with Gasteiger partial charge in [0.05, 0.1) is 27.1 Å². The van der Waals surface area contributed by atoms with E-state index in [2.05, 4.69) is 15.0 Å². The van der Waals surface area contributed by atoms with Crippen LogP contribution in [0.3, 0.4) is 0 Å². The molecule has 7 amide bonds. The molecule has 0 aromatic rings. The van der Waals surface area contributed by atoms with Gasteiger partial charge in [-0.25, -0.2) is 0 Å². The van der Waals surface area contributed by atoms with E-state index in [-0.39, 0.29) is 163 Å². The predicted octanol–water partition coefficient (Wildman–Crippen LogP) is 3.47. The second kappa shape index (κ2) is 38.5. The number of methoxy groups -OCH3 is 2. The third kappa shape index (κ3) is 27.0. The van der Waals surface area contributed by atoms with Crippen molar-refractivity contribution in [3.8, 4) is 0 Å². The Balaban J connectivity index is 3.11. The van der Waals surface area contributed by atoms with E-state index >= 15 is 0 Å². The molecule has 0 radical (unpaired) electrons. The summed E-state index contributed by atoms with van der Waals surface area (Å²) in [5.74, 6) is -0.241. The van der Waals surface area contributed by atoms with Crippen molar-refractivity contribution in [3.63, 3.8) is 0 Å². The molecule has 71 heavy (non-hydrogen) atoms. The summed E-state index contributed by atoms with van der Waals surface area (Å²) in [6.07, 6.45) is 5.32. The number of hydrogen-bond donors (Lipinski definition) is 1. The third-order valence-corrected chi connectivity index (χ3v) is 15.0. The molecule has 0 saturated carbocycles. The first-order valence-electron chi connectivity index (χ1n) is 26.0. The third-order valence-electron chi connectivity index (χ3n) is 12.6. The molecule has 0 spiro atoms. The predicted molar refractivity (Wildman–Crippen MR) is 280 cm³/mol. The summed E-state index contributed by atoms with van der Waals surface area (Å²) in [5.41, 5.74) is 0. The summed E-state index contributed by atoms with van der Waals surface area (Å²) < 4.78 is 9.42. The fraction of sp³-hybridized carbons (Fsp3) is 0.820. The summed E-state index contributed by atoms with van der Waals surface area (Å²) in [7, 11) is 2.66. The molecule has 1 heterocycles. The standard InChI is InChI=1S/C50H90N8O11S2/c1-10-42(59)53(25-24-52-21-16-15-17-22-52)26-27-54(43(60)11-2)28-29-55(44(61)12-3)30-31-56(45(62)13-4)32-33-57(46(63)14-5)34-35-58(50(67)41(7)39-71-37-19-48(65)69-9)23-20-51-49(66)40(6)38-70-36-18-47(64)68-8/h40-41H,10-39H2,1-9H3,(H,51,66). The first-order valence-corrected chi connectivity index (χ1v) is 28.3. The monoisotopic (exact) mass is 1040 g/mol. The molecular formula is C50H90N8O11S2. The number of nitrogens with one attached hydrogen (secondary N) is 1. The zero-order chi connectivity index (χ0) is 53.1. The van der Waals surface area contributed by atoms with E-state index in [1.807, 2.05) is 18.7 Å². The van der Waals surface area contributed by atoms with E-state index in [9.17, 15) is 43.2 Å². The average molecular weight is 1040 g/mol. The number of thioether (sulfide) groups is 2. The minimum Gasteiger partial charge on any atom is -0.469 e. The minimum atomic E-state index is -0.429. The Kier molecular flexibility index (Phi) is 35.2. The molecule has 1 N–H and O–H groups in total. The van der Waals surface area contributed by atoms with Gasteiger partial charge in [-0.1, -0.05) is 54.9 Å². The number of hydrogen-bond acceptors (Lipinski definition) is 14. The summed E-state index contributed by atoms with van der Waals surface area (Å²) >= 11 is 2.94. The lowest BCUT2D eigenvalue weighted by molar-refractivity contribution is -0.141. The van der Waals surface area contributed by atoms with Crippen molar-refractivity contribution in [3.05, 3.63) is 0 Å². The molecule has 1 fully saturated rings. The van der Waals surface area contributed by atoms with E-state index in [0.717, 1.165) is 32.5 Å². The topological polar surface area (TPSA) is 207 Å². The Morgan fingerprint density at radius 2 is 0.817 bits per heavy atom. The highest BCUT2D eigenvalue weighted by molar-refractivity contribution is 7.99. The molecular weight excluding hydrogens is 953 g/mol. The van der Waals surface area contributed by atoms with Crippen molar-refractivity contribution in [1.29, 1.82) is 0 Å². The van der Waals surface area contributed by atoms with Crippen LogP contribution in [0.5, 0.6) is 0 Å². The number of amides is 7. The number of esters is 2. The summed E-state index contributed by atoms with van der Waals surface area (Å²) in [6.45, 7) is 18.8. The fourth-order valence-corrected chi connectivity index (χ4v) is 9.85. The Labute approximate surface area is 433 Å². The molecule has 1 saturated heterocycles. The zero-order valence-corrected chi connectivity index (χ0v) is 46.4. The number of nitrogens with zero attached hydrogens (tertiary/aromatic N) is 7. The highest BCUT2D eigenvalue weighted by Gasteiger charge is 2.26. The zero-order valence-electron chi connectivity index (χ0n) is 44.8. The van der Waals surface area contributed by atoms with Crippen LogP contribution in [0.25, 0.3) is 0 Å². The normalized spacial score (nSPS) is 13.3. The highest BCUT2D eigenvalue weighted by Crippen LogP contribution is 2.15. The van der Waals surface area contributed by atoms with Crippen molar-refractivity contribution in [2.24, 2.45) is 11.8 Å². The van der Waals surface area contributed by atoms with Crippen LogP contribution < -0.4 is 5.32 Å². The van der Waals surface area contributed by atoms with Crippen LogP contribution in [-0.4, -0.2) is 230 Å². The van der Waals surface area contributed by atoms with Crippen LogP contribution in [-0.2, 0) is 52.6 Å². The maximum atomic E-state index is 13.9. The second-order valence-corrected chi connectivity index (χ2v) is 20.1. The van der Waals surface area contributed by atoms with Crippen LogP contribution in [0, 0.1) is 11.8 Å². The fourth-order valence-electron chi connectivity index (χ4n) is 7.89. The van der Waals surface area contributed by atoms with Crippen molar-refractivity contribution >= 4 is 76.8 Å². The maximum absolute atomic E-state index is 13.9. The molecule has 0 aromatic heterocycles. The van der Waals surface area contributed by atoms with Gasteiger partial charge < -0.3 is 49.1 Å². The summed E-state index contributed by atoms with van der Waals surface area (Å²) in [6, 6.07) is 0. The van der Waals surface area contributed by atoms with Gasteiger partial charge in [0, 0.05) is 159 Å². The minimum absolute atomic E-state index is 0.0433. The van der Waals surface area contributed by atoms with Gasteiger partial charge in [0.1, 0.15) is 0 Å². The molecule has 0 bridgehead atoms. The van der Waals surface area contributed by atoms with E-state index in [4.69, 9.17) is 4.74 Å². The SMILES string of the molecule is CCC(=O)N(CCN1CCCCC1)CCN(CCN(CCN(CCN(CCN(CCNC(=O)C(C)CSCCC(=O)OC)C(=O)C(C)CSCCC(=O)OC)C(=O)CC)C(=O)CC)C(=O)CC)C(=O)CC. The van der Waals surface area contributed by atoms with Crippen molar-refractivity contribution in [1.82, 2.24) is 39.6 Å². The van der Waals surface area contributed by atoms with Gasteiger partial charge >= 0.3 is 11.9 Å². The first-order chi connectivity index (χ1) is 34.0. The molecule has 0 aromatic carbocycles. The number of ether oxygens (including phenoxy) is 2. The number of carbonyl (C=O) groups is 9. The van der Waals surface area contributed by atoms with Gasteiger partial charge in [0.25, 0.3) is 0 Å². The van der Waals surface area contributed by atoms with Gasteiger partial charge in [-0.2, -0.15) is 23.5 Å². The first kappa shape index (κ1) is 64.9. The van der Waals surface area contributed by atoms with E-state index in [1.54, 1.807) is 59.1 Å². The number of likely N-dealkylation sites (tertiary alicyclic amines) is 1. The van der Waals surface area contributed by atoms with Crippen LogP contribution in [0.4, 0.5) is 0 Å². The maximum Gasteiger partial charge on any atom is 0.306 e. The molecule has 1 aliphatic rings. The number of rotatable bonds is 38. The smallest absolute Gasteiger partial charge is 0.306 e. The van der Waals surface area contributed by atoms with Crippen LogP contribution >= 0.6 is 23.5 Å². The Morgan fingerprint density at radius 1 is 0.479 bits per heavy atom. The molecule has 2 unspecified atom stereocenters. The van der Waals surface area contributed by atoms with Gasteiger partial charge in [0.15, 0.2) is 0 Å². The number of carbonyl (C=O) groups excluding carboxylic acids is 9. The second-order valence-electron chi connectivity index (χ2n) is 17.8. The quantitative estimate of drug-likeness (QED) is 0.0695. The van der Waals surface area contributed by atoms with E-state index in [0.29, 0.717) is 49.1 Å². The Bertz CT molecular complexity index is 1640. The molecule has 0 aliphatic carbocycles. The molecule has 1 aliphatic heterocycles.